The van der Waals surface area contributed by atoms with Gasteiger partial charge in [0.1, 0.15) is 5.82 Å². The Labute approximate surface area is 117 Å². The number of rotatable bonds is 4. The van der Waals surface area contributed by atoms with E-state index in [0.29, 0.717) is 17.6 Å². The van der Waals surface area contributed by atoms with Crippen LogP contribution in [0.25, 0.3) is 0 Å². The molecule has 1 aromatic carbocycles. The fourth-order valence-corrected chi connectivity index (χ4v) is 1.91. The predicted octanol–water partition coefficient (Wildman–Crippen LogP) is 3.19. The monoisotopic (exact) mass is 311 g/mol. The van der Waals surface area contributed by atoms with Crippen LogP contribution in [-0.2, 0) is 4.79 Å². The Morgan fingerprint density at radius 1 is 1.40 bits per heavy atom. The van der Waals surface area contributed by atoms with Crippen molar-refractivity contribution in [3.63, 3.8) is 0 Å². The first-order chi connectivity index (χ1) is 9.09. The summed E-state index contributed by atoms with van der Waals surface area (Å²) in [5.41, 5.74) is -4.00. The highest BCUT2D eigenvalue weighted by Crippen LogP contribution is 2.31. The third kappa shape index (κ3) is 3.63. The molecule has 0 bridgehead atoms. The molecule has 0 aliphatic rings. The van der Waals surface area contributed by atoms with E-state index < -0.39 is 29.2 Å². The molecular weight excluding hydrogens is 298 g/mol. The third-order valence-corrected chi connectivity index (χ3v) is 3.37. The Kier molecular flexibility index (Phi) is 5.04. The molecule has 1 amide bonds. The lowest BCUT2D eigenvalue weighted by Crippen LogP contribution is -2.52. The Morgan fingerprint density at radius 3 is 2.45 bits per heavy atom. The lowest BCUT2D eigenvalue weighted by Gasteiger charge is -2.24. The molecule has 1 rings (SSSR count). The molecule has 3 nitrogen and oxygen atoms in total. The normalized spacial score (nSPS) is 14.8. The van der Waals surface area contributed by atoms with E-state index in [9.17, 15) is 22.4 Å². The fraction of sp³-hybridized carbons (Fsp3) is 0.417. The molecule has 8 heteroatoms. The maximum absolute atomic E-state index is 13.6. The zero-order valence-electron chi connectivity index (χ0n) is 10.7. The minimum atomic E-state index is -5.15. The molecule has 112 valence electrons. The SMILES string of the molecule is CCSc1ccc(NC(=O)[C@@](C)(O)C(F)(F)F)c(F)c1. The van der Waals surface area contributed by atoms with Crippen LogP contribution in [0.2, 0.25) is 0 Å². The van der Waals surface area contributed by atoms with Gasteiger partial charge in [0.05, 0.1) is 5.69 Å². The fourth-order valence-electron chi connectivity index (χ4n) is 1.23. The van der Waals surface area contributed by atoms with Crippen molar-refractivity contribution >= 4 is 23.4 Å². The molecule has 1 aromatic rings. The average Bonchev–Trinajstić information content (AvgIpc) is 2.31. The van der Waals surface area contributed by atoms with E-state index >= 15 is 0 Å². The first-order valence-electron chi connectivity index (χ1n) is 5.62. The van der Waals surface area contributed by atoms with Gasteiger partial charge < -0.3 is 10.4 Å². The van der Waals surface area contributed by atoms with Crippen LogP contribution in [0.3, 0.4) is 0 Å². The summed E-state index contributed by atoms with van der Waals surface area (Å²) in [5.74, 6) is -1.90. The average molecular weight is 311 g/mol. The van der Waals surface area contributed by atoms with Gasteiger partial charge in [0.25, 0.3) is 5.91 Å². The number of amides is 1. The van der Waals surface area contributed by atoms with Crippen LogP contribution in [0.4, 0.5) is 23.2 Å². The van der Waals surface area contributed by atoms with Crippen molar-refractivity contribution in [3.8, 4) is 0 Å². The van der Waals surface area contributed by atoms with Gasteiger partial charge in [-0.1, -0.05) is 6.92 Å². The summed E-state index contributed by atoms with van der Waals surface area (Å²) in [6.07, 6.45) is -5.15. The van der Waals surface area contributed by atoms with E-state index in [1.165, 1.54) is 17.8 Å². The van der Waals surface area contributed by atoms with Crippen molar-refractivity contribution < 1.29 is 27.5 Å². The van der Waals surface area contributed by atoms with Crippen molar-refractivity contribution in [1.82, 2.24) is 0 Å². The minimum absolute atomic E-state index is 0.307. The van der Waals surface area contributed by atoms with Crippen LogP contribution in [0.1, 0.15) is 13.8 Å². The molecule has 2 N–H and O–H groups in total. The van der Waals surface area contributed by atoms with Crippen molar-refractivity contribution in [1.29, 1.82) is 0 Å². The molecule has 0 radical (unpaired) electrons. The van der Waals surface area contributed by atoms with Gasteiger partial charge in [0.15, 0.2) is 0 Å². The van der Waals surface area contributed by atoms with E-state index in [-0.39, 0.29) is 0 Å². The minimum Gasteiger partial charge on any atom is -0.373 e. The van der Waals surface area contributed by atoms with Gasteiger partial charge in [-0.05, 0) is 30.9 Å². The highest BCUT2D eigenvalue weighted by Gasteiger charge is 2.55. The van der Waals surface area contributed by atoms with Crippen LogP contribution < -0.4 is 5.32 Å². The van der Waals surface area contributed by atoms with Gasteiger partial charge in [-0.15, -0.1) is 11.8 Å². The van der Waals surface area contributed by atoms with E-state index in [1.807, 2.05) is 6.92 Å². The lowest BCUT2D eigenvalue weighted by atomic mass is 10.1. The summed E-state index contributed by atoms with van der Waals surface area (Å²) in [6.45, 7) is 2.17. The second kappa shape index (κ2) is 6.01. The molecule has 0 spiro atoms. The highest BCUT2D eigenvalue weighted by molar-refractivity contribution is 7.99. The number of carbonyl (C=O) groups is 1. The molecule has 0 aliphatic heterocycles. The highest BCUT2D eigenvalue weighted by atomic mass is 32.2. The summed E-state index contributed by atoms with van der Waals surface area (Å²) in [7, 11) is 0. The summed E-state index contributed by atoms with van der Waals surface area (Å²) in [5, 5.41) is 10.9. The number of hydrogen-bond donors (Lipinski definition) is 2. The summed E-state index contributed by atoms with van der Waals surface area (Å²) in [6, 6.07) is 3.72. The van der Waals surface area contributed by atoms with E-state index in [0.717, 1.165) is 12.1 Å². The van der Waals surface area contributed by atoms with Crippen LogP contribution in [0.5, 0.6) is 0 Å². The van der Waals surface area contributed by atoms with E-state index in [2.05, 4.69) is 0 Å². The lowest BCUT2D eigenvalue weighted by molar-refractivity contribution is -0.242. The van der Waals surface area contributed by atoms with Crippen molar-refractivity contribution in [2.75, 3.05) is 11.1 Å². The molecule has 0 fully saturated rings. The first kappa shape index (κ1) is 16.8. The number of hydrogen-bond acceptors (Lipinski definition) is 3. The Morgan fingerprint density at radius 2 is 2.00 bits per heavy atom. The van der Waals surface area contributed by atoms with Gasteiger partial charge in [-0.2, -0.15) is 13.2 Å². The van der Waals surface area contributed by atoms with Crippen LogP contribution in [-0.4, -0.2) is 28.5 Å². The Hall–Kier alpha value is -1.28. The maximum Gasteiger partial charge on any atom is 0.426 e. The number of halogens is 4. The molecule has 0 heterocycles. The van der Waals surface area contributed by atoms with Crippen LogP contribution >= 0.6 is 11.8 Å². The van der Waals surface area contributed by atoms with E-state index in [4.69, 9.17) is 5.11 Å². The second-order valence-electron chi connectivity index (χ2n) is 4.10. The molecule has 0 saturated carbocycles. The smallest absolute Gasteiger partial charge is 0.373 e. The molecule has 20 heavy (non-hydrogen) atoms. The molecule has 0 aliphatic carbocycles. The Bertz CT molecular complexity index is 503. The molecule has 0 aromatic heterocycles. The van der Waals surface area contributed by atoms with Gasteiger partial charge in [-0.3, -0.25) is 4.79 Å². The van der Waals surface area contributed by atoms with Crippen LogP contribution in [0, 0.1) is 5.82 Å². The number of nitrogens with one attached hydrogen (secondary N) is 1. The second-order valence-corrected chi connectivity index (χ2v) is 5.44. The van der Waals surface area contributed by atoms with Crippen LogP contribution in [0.15, 0.2) is 23.1 Å². The van der Waals surface area contributed by atoms with E-state index in [1.54, 1.807) is 5.32 Å². The number of aliphatic hydroxyl groups is 1. The molecule has 1 atom stereocenters. The molecule has 0 saturated heterocycles. The topological polar surface area (TPSA) is 49.3 Å². The van der Waals surface area contributed by atoms with Crippen molar-refractivity contribution in [2.24, 2.45) is 0 Å². The number of thioether (sulfide) groups is 1. The molecule has 0 unspecified atom stereocenters. The number of alkyl halides is 3. The quantitative estimate of drug-likeness (QED) is 0.663. The third-order valence-electron chi connectivity index (χ3n) is 2.49. The van der Waals surface area contributed by atoms with Crippen molar-refractivity contribution in [2.45, 2.75) is 30.5 Å². The summed E-state index contributed by atoms with van der Waals surface area (Å²) >= 11 is 1.34. The van der Waals surface area contributed by atoms with Gasteiger partial charge in [0, 0.05) is 4.90 Å². The zero-order chi connectivity index (χ0) is 15.6. The standard InChI is InChI=1S/C12H13F4NO2S/c1-3-20-7-4-5-9(8(13)6-7)17-10(18)11(2,19)12(14,15)16/h4-6,19H,3H2,1-2H3,(H,17,18)/t11-/m1/s1. The zero-order valence-corrected chi connectivity index (χ0v) is 11.5. The summed E-state index contributed by atoms with van der Waals surface area (Å²) < 4.78 is 51.0. The number of carbonyl (C=O) groups excluding carboxylic acids is 1. The van der Waals surface area contributed by atoms with Crippen molar-refractivity contribution in [3.05, 3.63) is 24.0 Å². The number of benzene rings is 1. The summed E-state index contributed by atoms with van der Waals surface area (Å²) in [4.78, 5) is 12.0. The largest absolute Gasteiger partial charge is 0.426 e. The first-order valence-corrected chi connectivity index (χ1v) is 6.61. The molecular formula is C12H13F4NO2S. The predicted molar refractivity (Wildman–Crippen MR) is 68.1 cm³/mol. The van der Waals surface area contributed by atoms with Gasteiger partial charge in [-0.25, -0.2) is 4.39 Å². The maximum atomic E-state index is 13.6. The Balaban J connectivity index is 2.92. The number of anilines is 1. The van der Waals surface area contributed by atoms with Gasteiger partial charge in [0.2, 0.25) is 5.60 Å². The van der Waals surface area contributed by atoms with Gasteiger partial charge >= 0.3 is 6.18 Å².